The largest absolute Gasteiger partial charge is 0.312 e. The second-order valence-electron chi connectivity index (χ2n) is 1.67. The molecule has 0 fully saturated rings. The lowest BCUT2D eigenvalue weighted by Gasteiger charge is -2.11. The van der Waals surface area contributed by atoms with Crippen LogP contribution in [0.5, 0.6) is 0 Å². The number of hydrogen-bond donors (Lipinski definition) is 0. The highest BCUT2D eigenvalue weighted by Gasteiger charge is 2.00. The third-order valence-electron chi connectivity index (χ3n) is 1.00. The normalized spacial score (nSPS) is 8.00. The third kappa shape index (κ3) is 2.31. The van der Waals surface area contributed by atoms with E-state index in [9.17, 15) is 4.79 Å². The molecule has 0 spiro atoms. The topological polar surface area (TPSA) is 20.3 Å². The van der Waals surface area contributed by atoms with Crippen LogP contribution in [0.15, 0.2) is 38.1 Å². The van der Waals surface area contributed by atoms with Crippen LogP contribution >= 0.6 is 0 Å². The van der Waals surface area contributed by atoms with Crippen molar-refractivity contribution in [2.45, 2.75) is 0 Å². The summed E-state index contributed by atoms with van der Waals surface area (Å²) >= 11 is 0. The maximum Gasteiger partial charge on any atom is 0.250 e. The Bertz CT molecular complexity index is 161. The predicted octanol–water partition coefficient (Wildman–Crippen LogP) is 1.33. The van der Waals surface area contributed by atoms with Gasteiger partial charge in [0.05, 0.1) is 0 Å². The van der Waals surface area contributed by atoms with Gasteiger partial charge in [0.25, 0.3) is 0 Å². The number of amides is 1. The van der Waals surface area contributed by atoms with Gasteiger partial charge in [-0.05, 0) is 6.08 Å². The standard InChI is InChI=1S/C8H11NO/c1-4-7-9(6-3)8(10)5-2/h4-6H,1-3,7H2. The maximum absolute atomic E-state index is 10.8. The number of rotatable bonds is 4. The molecule has 0 saturated carbocycles. The Morgan fingerprint density at radius 3 is 2.30 bits per heavy atom. The molecule has 0 atom stereocenters. The van der Waals surface area contributed by atoms with E-state index in [1.165, 1.54) is 17.2 Å². The fraction of sp³-hybridized carbons (Fsp3) is 0.125. The SMILES string of the molecule is C=CCN(C=C)C(=O)C=C. The van der Waals surface area contributed by atoms with E-state index in [-0.39, 0.29) is 5.91 Å². The molecule has 2 nitrogen and oxygen atoms in total. The van der Waals surface area contributed by atoms with Crippen molar-refractivity contribution >= 4 is 5.91 Å². The van der Waals surface area contributed by atoms with E-state index in [0.717, 1.165) is 0 Å². The van der Waals surface area contributed by atoms with Crippen molar-refractivity contribution in [3.8, 4) is 0 Å². The summed E-state index contributed by atoms with van der Waals surface area (Å²) < 4.78 is 0. The molecule has 0 aliphatic rings. The fourth-order valence-corrected chi connectivity index (χ4v) is 0.511. The van der Waals surface area contributed by atoms with Gasteiger partial charge in [0, 0.05) is 12.7 Å². The maximum atomic E-state index is 10.8. The van der Waals surface area contributed by atoms with Crippen LogP contribution in [0, 0.1) is 0 Å². The monoisotopic (exact) mass is 137 g/mol. The lowest BCUT2D eigenvalue weighted by Crippen LogP contribution is -2.22. The van der Waals surface area contributed by atoms with Crippen LogP contribution in [0.1, 0.15) is 0 Å². The lowest BCUT2D eigenvalue weighted by atomic mass is 10.4. The molecule has 0 aliphatic carbocycles. The van der Waals surface area contributed by atoms with Crippen molar-refractivity contribution < 1.29 is 4.79 Å². The highest BCUT2D eigenvalue weighted by atomic mass is 16.2. The quantitative estimate of drug-likeness (QED) is 0.423. The first-order chi connectivity index (χ1) is 4.76. The third-order valence-corrected chi connectivity index (χ3v) is 1.00. The highest BCUT2D eigenvalue weighted by Crippen LogP contribution is 1.90. The first kappa shape index (κ1) is 8.69. The molecule has 54 valence electrons. The molecule has 0 saturated heterocycles. The van der Waals surface area contributed by atoms with Gasteiger partial charge in [-0.2, -0.15) is 0 Å². The van der Waals surface area contributed by atoms with E-state index in [1.807, 2.05) is 0 Å². The summed E-state index contributed by atoms with van der Waals surface area (Å²) in [6.07, 6.45) is 4.32. The van der Waals surface area contributed by atoms with Gasteiger partial charge in [0.2, 0.25) is 5.91 Å². The van der Waals surface area contributed by atoms with Crippen molar-refractivity contribution in [1.82, 2.24) is 4.90 Å². The van der Waals surface area contributed by atoms with E-state index in [1.54, 1.807) is 6.08 Å². The number of carbonyl (C=O) groups is 1. The van der Waals surface area contributed by atoms with Gasteiger partial charge in [-0.15, -0.1) is 6.58 Å². The van der Waals surface area contributed by atoms with Gasteiger partial charge in [-0.3, -0.25) is 4.79 Å². The summed E-state index contributed by atoms with van der Waals surface area (Å²) in [7, 11) is 0. The highest BCUT2D eigenvalue weighted by molar-refractivity contribution is 5.87. The van der Waals surface area contributed by atoms with E-state index in [4.69, 9.17) is 0 Å². The van der Waals surface area contributed by atoms with Crippen LogP contribution in [0.3, 0.4) is 0 Å². The molecule has 0 aromatic heterocycles. The van der Waals surface area contributed by atoms with Crippen molar-refractivity contribution in [1.29, 1.82) is 0 Å². The van der Waals surface area contributed by atoms with Crippen molar-refractivity contribution in [2.75, 3.05) is 6.54 Å². The van der Waals surface area contributed by atoms with E-state index < -0.39 is 0 Å². The Morgan fingerprint density at radius 2 is 2.00 bits per heavy atom. The molecule has 0 aromatic carbocycles. The van der Waals surface area contributed by atoms with Crippen molar-refractivity contribution in [3.63, 3.8) is 0 Å². The van der Waals surface area contributed by atoms with Crippen molar-refractivity contribution in [3.05, 3.63) is 38.1 Å². The molecule has 1 amide bonds. The van der Waals surface area contributed by atoms with Gasteiger partial charge >= 0.3 is 0 Å². The second kappa shape index (κ2) is 4.56. The summed E-state index contributed by atoms with van der Waals surface area (Å²) in [4.78, 5) is 12.2. The second-order valence-corrected chi connectivity index (χ2v) is 1.67. The Morgan fingerprint density at radius 1 is 1.40 bits per heavy atom. The minimum atomic E-state index is -0.157. The Hall–Kier alpha value is -1.31. The van der Waals surface area contributed by atoms with E-state index >= 15 is 0 Å². The van der Waals surface area contributed by atoms with Crippen molar-refractivity contribution in [2.24, 2.45) is 0 Å². The molecule has 0 heterocycles. The predicted molar refractivity (Wildman–Crippen MR) is 42.3 cm³/mol. The Kier molecular flexibility index (Phi) is 3.96. The number of hydrogen-bond acceptors (Lipinski definition) is 1. The lowest BCUT2D eigenvalue weighted by molar-refractivity contribution is -0.123. The fourth-order valence-electron chi connectivity index (χ4n) is 0.511. The van der Waals surface area contributed by atoms with Crippen LogP contribution in [-0.2, 0) is 4.79 Å². The van der Waals surface area contributed by atoms with Gasteiger partial charge in [0.15, 0.2) is 0 Å². The van der Waals surface area contributed by atoms with Crippen LogP contribution < -0.4 is 0 Å². The summed E-state index contributed by atoms with van der Waals surface area (Å²) in [6, 6.07) is 0. The number of carbonyl (C=O) groups excluding carboxylic acids is 1. The van der Waals surface area contributed by atoms with Crippen LogP contribution in [0.4, 0.5) is 0 Å². The van der Waals surface area contributed by atoms with Crippen LogP contribution in [-0.4, -0.2) is 17.4 Å². The van der Waals surface area contributed by atoms with Gasteiger partial charge in [-0.1, -0.05) is 19.2 Å². The molecule has 0 radical (unpaired) electrons. The average Bonchev–Trinajstić information content (AvgIpc) is 1.99. The zero-order valence-corrected chi connectivity index (χ0v) is 5.92. The average molecular weight is 137 g/mol. The van der Waals surface area contributed by atoms with Crippen LogP contribution in [0.25, 0.3) is 0 Å². The molecule has 0 aromatic rings. The molecule has 0 unspecified atom stereocenters. The summed E-state index contributed by atoms with van der Waals surface area (Å²) in [5.41, 5.74) is 0. The molecular weight excluding hydrogens is 126 g/mol. The zero-order chi connectivity index (χ0) is 7.98. The minimum absolute atomic E-state index is 0.157. The Balaban J connectivity index is 4.04. The molecule has 0 aliphatic heterocycles. The number of nitrogens with zero attached hydrogens (tertiary/aromatic N) is 1. The first-order valence-electron chi connectivity index (χ1n) is 2.92. The van der Waals surface area contributed by atoms with Crippen LogP contribution in [0.2, 0.25) is 0 Å². The molecule has 0 N–H and O–H groups in total. The van der Waals surface area contributed by atoms with Gasteiger partial charge < -0.3 is 4.90 Å². The van der Waals surface area contributed by atoms with Gasteiger partial charge in [-0.25, -0.2) is 0 Å². The summed E-state index contributed by atoms with van der Waals surface area (Å²) in [5, 5.41) is 0. The molecule has 0 bridgehead atoms. The van der Waals surface area contributed by atoms with E-state index in [0.29, 0.717) is 6.54 Å². The Labute approximate surface area is 61.1 Å². The van der Waals surface area contributed by atoms with Gasteiger partial charge in [0.1, 0.15) is 0 Å². The first-order valence-corrected chi connectivity index (χ1v) is 2.92. The smallest absolute Gasteiger partial charge is 0.250 e. The summed E-state index contributed by atoms with van der Waals surface area (Å²) in [5.74, 6) is -0.157. The molecule has 10 heavy (non-hydrogen) atoms. The molecule has 0 rings (SSSR count). The molecule has 2 heteroatoms. The zero-order valence-electron chi connectivity index (χ0n) is 5.92. The minimum Gasteiger partial charge on any atom is -0.312 e. The molecular formula is C8H11NO. The summed E-state index contributed by atoms with van der Waals surface area (Å²) in [6.45, 7) is 10.8. The van der Waals surface area contributed by atoms with E-state index in [2.05, 4.69) is 19.7 Å².